The largest absolute Gasteiger partial charge is 0.467 e. The van der Waals surface area contributed by atoms with E-state index < -0.39 is 32.6 Å². The van der Waals surface area contributed by atoms with Crippen LogP contribution >= 0.6 is 32.9 Å². The first-order valence-electron chi connectivity index (χ1n) is 11.0. The van der Waals surface area contributed by atoms with Gasteiger partial charge < -0.3 is 14.1 Å². The first-order chi connectivity index (χ1) is 15.8. The maximum atomic E-state index is 13.7. The second kappa shape index (κ2) is 10.3. The van der Waals surface area contributed by atoms with Gasteiger partial charge in [-0.15, -0.1) is 11.3 Å². The van der Waals surface area contributed by atoms with Gasteiger partial charge in [0.25, 0.3) is 0 Å². The molecule has 0 spiro atoms. The number of para-hydroxylation sites is 1. The summed E-state index contributed by atoms with van der Waals surface area (Å²) in [6.45, 7) is 18.2. The average Bonchev–Trinajstić information content (AvgIpc) is 3.15. The summed E-state index contributed by atoms with van der Waals surface area (Å²) < 4.78 is 13.6. The van der Waals surface area contributed by atoms with E-state index in [1.165, 1.54) is 17.9 Å². The third-order valence-electron chi connectivity index (χ3n) is 6.24. The van der Waals surface area contributed by atoms with Gasteiger partial charge in [0.05, 0.1) is 28.8 Å². The number of likely N-dealkylation sites (tertiary alicyclic amines) is 1. The number of carbonyl (C=O) groups is 2. The lowest BCUT2D eigenvalue weighted by Crippen LogP contribution is -2.73. The smallest absolute Gasteiger partial charge is 0.332 e. The highest BCUT2D eigenvalue weighted by atomic mass is 33.1. The van der Waals surface area contributed by atoms with Gasteiger partial charge in [-0.2, -0.15) is 0 Å². The molecule has 185 valence electrons. The molecule has 1 aliphatic heterocycles. The zero-order valence-electron chi connectivity index (χ0n) is 21.0. The Kier molecular flexibility index (Phi) is 8.29. The number of fused-ring (bicyclic) bond motifs is 1. The number of hydrogen-bond donors (Lipinski definition) is 0. The molecule has 2 heterocycles. The van der Waals surface area contributed by atoms with Crippen molar-refractivity contribution in [1.29, 1.82) is 0 Å². The number of amides is 1. The summed E-state index contributed by atoms with van der Waals surface area (Å²) >= 11 is 1.62. The van der Waals surface area contributed by atoms with Crippen LogP contribution in [0.15, 0.2) is 40.8 Å². The molecule has 4 atom stereocenters. The van der Waals surface area contributed by atoms with Gasteiger partial charge in [-0.1, -0.05) is 50.3 Å². The van der Waals surface area contributed by atoms with Crippen molar-refractivity contribution in [1.82, 2.24) is 9.88 Å². The van der Waals surface area contributed by atoms with Crippen LogP contribution < -0.4 is 0 Å². The minimum absolute atomic E-state index is 0.110. The van der Waals surface area contributed by atoms with Crippen LogP contribution in [0.3, 0.4) is 0 Å². The number of aromatic nitrogens is 1. The highest BCUT2D eigenvalue weighted by Gasteiger charge is 2.63. The third kappa shape index (κ3) is 5.11. The molecule has 1 amide bonds. The van der Waals surface area contributed by atoms with E-state index in [0.717, 1.165) is 14.6 Å². The van der Waals surface area contributed by atoms with Crippen molar-refractivity contribution in [3.63, 3.8) is 0 Å². The first kappa shape index (κ1) is 27.3. The molecule has 1 aromatic heterocycles. The number of rotatable bonds is 9. The highest BCUT2D eigenvalue weighted by Crippen LogP contribution is 2.55. The summed E-state index contributed by atoms with van der Waals surface area (Å²) in [6.07, 6.45) is 0. The molecule has 10 heteroatoms. The summed E-state index contributed by atoms with van der Waals surface area (Å²) in [5, 5.41) is -0.309. The number of carbonyl (C=O) groups excluding carboxylic acids is 2. The normalized spacial score (nSPS) is 21.3. The highest BCUT2D eigenvalue weighted by molar-refractivity contribution is 8.77. The number of hydrogen-bond acceptors (Lipinski definition) is 8. The molecule has 1 fully saturated rings. The van der Waals surface area contributed by atoms with Crippen LogP contribution in [0.25, 0.3) is 10.2 Å². The van der Waals surface area contributed by atoms with Crippen molar-refractivity contribution in [2.24, 2.45) is 11.3 Å². The van der Waals surface area contributed by atoms with Crippen LogP contribution in [-0.2, 0) is 18.8 Å². The number of methoxy groups -OCH3 is 1. The van der Waals surface area contributed by atoms with E-state index in [-0.39, 0.29) is 16.7 Å². The molecule has 1 saturated heterocycles. The Morgan fingerprint density at radius 3 is 2.44 bits per heavy atom. The zero-order valence-corrected chi connectivity index (χ0v) is 24.5. The summed E-state index contributed by atoms with van der Waals surface area (Å²) in [7, 11) is 3.31. The fraction of sp³-hybridized carbons (Fsp3) is 0.542. The number of esters is 1. The van der Waals surface area contributed by atoms with Crippen LogP contribution in [-0.4, -0.2) is 54.9 Å². The number of benzene rings is 1. The molecule has 1 aromatic carbocycles. The maximum absolute atomic E-state index is 13.7. The molecule has 0 N–H and O–H groups in total. The molecular weight excluding hydrogens is 505 g/mol. The molecule has 3 unspecified atom stereocenters. The topological polar surface area (TPSA) is 68.7 Å². The summed E-state index contributed by atoms with van der Waals surface area (Å²) in [5.74, 6) is -1.02. The Labute approximate surface area is 216 Å². The van der Waals surface area contributed by atoms with E-state index in [0.29, 0.717) is 5.57 Å². The standard InChI is InChI=1S/C24H33N2O4S3Si/c1-14(2)18(21(28)29-7)26-19(27)17(24(6,23(3,4)5)30-34(8)9)20(26)32-33-22-25-15-12-10-11-13-16(15)31-22/h10-13,17-18,20H,1H2,2-9H3/t17?,18?,20?,24-/m0/s1. The van der Waals surface area contributed by atoms with Crippen LogP contribution in [0.5, 0.6) is 0 Å². The Morgan fingerprint density at radius 2 is 1.91 bits per heavy atom. The molecule has 0 aliphatic carbocycles. The quantitative estimate of drug-likeness (QED) is 0.128. The molecule has 1 aliphatic rings. The van der Waals surface area contributed by atoms with E-state index in [1.54, 1.807) is 34.0 Å². The zero-order chi connectivity index (χ0) is 25.4. The molecule has 6 nitrogen and oxygen atoms in total. The van der Waals surface area contributed by atoms with Crippen LogP contribution in [0.4, 0.5) is 0 Å². The van der Waals surface area contributed by atoms with E-state index in [2.05, 4.69) is 46.5 Å². The molecular formula is C24H33N2O4S3Si. The minimum Gasteiger partial charge on any atom is -0.467 e. The Morgan fingerprint density at radius 1 is 1.26 bits per heavy atom. The Hall–Kier alpha value is -1.33. The summed E-state index contributed by atoms with van der Waals surface area (Å²) in [5.41, 5.74) is 0.517. The number of thiazole rings is 1. The van der Waals surface area contributed by atoms with Crippen LogP contribution in [0.1, 0.15) is 34.6 Å². The van der Waals surface area contributed by atoms with Crippen molar-refractivity contribution >= 4 is 64.1 Å². The van der Waals surface area contributed by atoms with Crippen molar-refractivity contribution in [2.45, 2.75) is 69.1 Å². The molecule has 0 bridgehead atoms. The fourth-order valence-electron chi connectivity index (χ4n) is 4.12. The van der Waals surface area contributed by atoms with E-state index in [9.17, 15) is 9.59 Å². The molecule has 34 heavy (non-hydrogen) atoms. The predicted molar refractivity (Wildman–Crippen MR) is 144 cm³/mol. The van der Waals surface area contributed by atoms with Gasteiger partial charge in [-0.3, -0.25) is 4.79 Å². The Bertz CT molecular complexity index is 1050. The predicted octanol–water partition coefficient (Wildman–Crippen LogP) is 6.01. The van der Waals surface area contributed by atoms with E-state index >= 15 is 0 Å². The van der Waals surface area contributed by atoms with Crippen molar-refractivity contribution in [3.05, 3.63) is 36.4 Å². The maximum Gasteiger partial charge on any atom is 0.332 e. The van der Waals surface area contributed by atoms with Crippen molar-refractivity contribution < 1.29 is 18.8 Å². The molecule has 0 saturated carbocycles. The lowest BCUT2D eigenvalue weighted by atomic mass is 9.66. The number of β-lactam (4-membered cyclic amide) rings is 1. The second-order valence-electron chi connectivity index (χ2n) is 9.88. The van der Waals surface area contributed by atoms with Crippen LogP contribution in [0, 0.1) is 11.3 Å². The number of nitrogens with zero attached hydrogens (tertiary/aromatic N) is 2. The van der Waals surface area contributed by atoms with Gasteiger partial charge in [-0.25, -0.2) is 9.78 Å². The van der Waals surface area contributed by atoms with Crippen LogP contribution in [0.2, 0.25) is 13.1 Å². The van der Waals surface area contributed by atoms with Crippen molar-refractivity contribution in [2.75, 3.05) is 7.11 Å². The molecule has 1 radical (unpaired) electrons. The third-order valence-corrected chi connectivity index (χ3v) is 11.1. The number of ether oxygens (including phenoxy) is 1. The minimum atomic E-state index is -1.10. The SMILES string of the molecule is C=C(C)C(C(=O)OC)N1C(=O)C([C@](C)(O[Si](C)C)C(C)(C)C)C1SSc1nc2ccccc2s1. The van der Waals surface area contributed by atoms with Gasteiger partial charge in [0, 0.05) is 0 Å². The molecule has 3 rings (SSSR count). The Balaban J connectivity index is 1.99. The van der Waals surface area contributed by atoms with Crippen molar-refractivity contribution in [3.8, 4) is 0 Å². The van der Waals surface area contributed by atoms with Gasteiger partial charge in [0.2, 0.25) is 14.9 Å². The van der Waals surface area contributed by atoms with Gasteiger partial charge in [-0.05, 0) is 60.9 Å². The second-order valence-corrected chi connectivity index (χ2v) is 15.5. The van der Waals surface area contributed by atoms with Gasteiger partial charge >= 0.3 is 5.97 Å². The summed E-state index contributed by atoms with van der Waals surface area (Å²) in [4.78, 5) is 32.8. The van der Waals surface area contributed by atoms with E-state index in [4.69, 9.17) is 14.1 Å². The van der Waals surface area contributed by atoms with Gasteiger partial charge in [0.1, 0.15) is 5.37 Å². The first-order valence-corrected chi connectivity index (χ1v) is 16.5. The fourth-order valence-corrected chi connectivity index (χ4v) is 9.55. The summed E-state index contributed by atoms with van der Waals surface area (Å²) in [6, 6.07) is 7.18. The molecule has 2 aromatic rings. The average molecular weight is 538 g/mol. The van der Waals surface area contributed by atoms with E-state index in [1.807, 2.05) is 25.1 Å². The lowest BCUT2D eigenvalue weighted by molar-refractivity contribution is -0.184. The lowest BCUT2D eigenvalue weighted by Gasteiger charge is -2.59. The monoisotopic (exact) mass is 537 g/mol. The van der Waals surface area contributed by atoms with Gasteiger partial charge in [0.15, 0.2) is 10.4 Å².